The van der Waals surface area contributed by atoms with Gasteiger partial charge in [-0.05, 0) is 12.1 Å². The van der Waals surface area contributed by atoms with E-state index in [0.717, 1.165) is 17.0 Å². The first-order valence-electron chi connectivity index (χ1n) is 7.31. The third kappa shape index (κ3) is 4.98. The molecule has 1 amide bonds. The fourth-order valence-electron chi connectivity index (χ4n) is 1.80. The third-order valence-corrected chi connectivity index (χ3v) is 5.81. The molecule has 0 aliphatic rings. The number of para-hydroxylation sites is 1. The summed E-state index contributed by atoms with van der Waals surface area (Å²) in [7, 11) is -1.86. The number of anilines is 2. The molecule has 1 heterocycles. The largest absolute Gasteiger partial charge is 0.373 e. The average Bonchev–Trinajstić information content (AvgIpc) is 3.04. The van der Waals surface area contributed by atoms with E-state index in [1.165, 1.54) is 0 Å². The van der Waals surface area contributed by atoms with Crippen LogP contribution in [0.3, 0.4) is 0 Å². The molecule has 0 aliphatic carbocycles. The normalized spacial score (nSPS) is 11.2. The minimum atomic E-state index is -3.74. The van der Waals surface area contributed by atoms with E-state index >= 15 is 0 Å². The Kier molecular flexibility index (Phi) is 6.23. The van der Waals surface area contributed by atoms with Crippen molar-refractivity contribution in [2.24, 2.45) is 0 Å². The molecule has 10 heteroatoms. The Morgan fingerprint density at radius 1 is 1.25 bits per heavy atom. The fourth-order valence-corrected chi connectivity index (χ4v) is 3.78. The van der Waals surface area contributed by atoms with Crippen molar-refractivity contribution in [2.75, 3.05) is 30.4 Å². The van der Waals surface area contributed by atoms with Crippen LogP contribution in [0.15, 0.2) is 34.7 Å². The average molecular weight is 369 g/mol. The lowest BCUT2D eigenvalue weighted by atomic mass is 10.3. The molecule has 2 rings (SSSR count). The Hall–Kier alpha value is -2.04. The summed E-state index contributed by atoms with van der Waals surface area (Å²) in [6, 6.07) is 9.65. The summed E-state index contributed by atoms with van der Waals surface area (Å²) in [5.41, 5.74) is 0.997. The molecule has 0 unspecified atom stereocenters. The number of amides is 1. The van der Waals surface area contributed by atoms with Crippen molar-refractivity contribution in [1.29, 1.82) is 0 Å². The smallest absolute Gasteiger partial charge is 0.269 e. The number of benzene rings is 1. The molecular weight excluding hydrogens is 350 g/mol. The highest BCUT2D eigenvalue weighted by Crippen LogP contribution is 2.19. The standard InChI is InChI=1S/C14H19N5O3S2/c1-3-12(20)16-13-17-18-14(23-13)24(21,22)15-9-10-19(2)11-7-5-4-6-8-11/h4-8,15H,3,9-10H2,1-2H3,(H,16,17,20). The second-order valence-corrected chi connectivity index (χ2v) is 7.85. The van der Waals surface area contributed by atoms with Crippen LogP contribution in [0.5, 0.6) is 0 Å². The van der Waals surface area contributed by atoms with Gasteiger partial charge in [-0.1, -0.05) is 36.5 Å². The lowest BCUT2D eigenvalue weighted by Crippen LogP contribution is -2.33. The van der Waals surface area contributed by atoms with E-state index in [1.807, 2.05) is 42.3 Å². The molecule has 0 bridgehead atoms. The molecule has 0 fully saturated rings. The van der Waals surface area contributed by atoms with Crippen molar-refractivity contribution in [3.8, 4) is 0 Å². The van der Waals surface area contributed by atoms with Gasteiger partial charge in [0.25, 0.3) is 10.0 Å². The summed E-state index contributed by atoms with van der Waals surface area (Å²) in [6.45, 7) is 2.42. The van der Waals surface area contributed by atoms with E-state index in [1.54, 1.807) is 6.92 Å². The first kappa shape index (κ1) is 18.3. The second-order valence-electron chi connectivity index (χ2n) is 4.93. The van der Waals surface area contributed by atoms with Gasteiger partial charge in [0, 0.05) is 32.2 Å². The maximum Gasteiger partial charge on any atom is 0.269 e. The molecule has 1 aromatic heterocycles. The minimum absolute atomic E-state index is 0.170. The number of rotatable bonds is 8. The van der Waals surface area contributed by atoms with Crippen LogP contribution >= 0.6 is 11.3 Å². The molecule has 1 aromatic carbocycles. The summed E-state index contributed by atoms with van der Waals surface area (Å²) in [6.07, 6.45) is 0.283. The molecule has 0 aliphatic heterocycles. The zero-order valence-electron chi connectivity index (χ0n) is 13.4. The Morgan fingerprint density at radius 2 is 1.96 bits per heavy atom. The maximum atomic E-state index is 12.2. The van der Waals surface area contributed by atoms with E-state index in [4.69, 9.17) is 0 Å². The predicted octanol–water partition coefficient (Wildman–Crippen LogP) is 1.30. The maximum absolute atomic E-state index is 12.2. The number of carbonyl (C=O) groups is 1. The Balaban J connectivity index is 1.90. The van der Waals surface area contributed by atoms with Crippen LogP contribution in [0.2, 0.25) is 0 Å². The van der Waals surface area contributed by atoms with E-state index in [0.29, 0.717) is 6.54 Å². The molecular formula is C14H19N5O3S2. The van der Waals surface area contributed by atoms with Crippen molar-refractivity contribution in [1.82, 2.24) is 14.9 Å². The molecule has 0 saturated heterocycles. The van der Waals surface area contributed by atoms with Gasteiger partial charge < -0.3 is 10.2 Å². The highest BCUT2D eigenvalue weighted by molar-refractivity contribution is 7.91. The first-order valence-corrected chi connectivity index (χ1v) is 9.61. The number of carbonyl (C=O) groups excluding carboxylic acids is 1. The zero-order valence-corrected chi connectivity index (χ0v) is 15.0. The number of nitrogens with zero attached hydrogens (tertiary/aromatic N) is 3. The first-order chi connectivity index (χ1) is 11.4. The van der Waals surface area contributed by atoms with E-state index in [-0.39, 0.29) is 28.3 Å². The number of likely N-dealkylation sites (N-methyl/N-ethyl adjacent to an activating group) is 1. The highest BCUT2D eigenvalue weighted by Gasteiger charge is 2.20. The number of nitrogens with one attached hydrogen (secondary N) is 2. The Bertz CT molecular complexity index is 777. The molecule has 24 heavy (non-hydrogen) atoms. The molecule has 2 aromatic rings. The van der Waals surface area contributed by atoms with E-state index < -0.39 is 10.0 Å². The van der Waals surface area contributed by atoms with Crippen molar-refractivity contribution in [3.63, 3.8) is 0 Å². The molecule has 130 valence electrons. The second kappa shape index (κ2) is 8.18. The fraction of sp³-hybridized carbons (Fsp3) is 0.357. The number of sulfonamides is 1. The van der Waals surface area contributed by atoms with Crippen molar-refractivity contribution in [3.05, 3.63) is 30.3 Å². The van der Waals surface area contributed by atoms with Crippen LogP contribution < -0.4 is 14.9 Å². The van der Waals surface area contributed by atoms with Crippen molar-refractivity contribution < 1.29 is 13.2 Å². The molecule has 8 nitrogen and oxygen atoms in total. The van der Waals surface area contributed by atoms with Gasteiger partial charge in [0.15, 0.2) is 0 Å². The van der Waals surface area contributed by atoms with Crippen LogP contribution in [-0.4, -0.2) is 44.7 Å². The van der Waals surface area contributed by atoms with Crippen molar-refractivity contribution in [2.45, 2.75) is 17.7 Å². The Labute approximate surface area is 145 Å². The van der Waals surface area contributed by atoms with Gasteiger partial charge in [0.1, 0.15) is 0 Å². The molecule has 0 saturated carbocycles. The topological polar surface area (TPSA) is 104 Å². The quantitative estimate of drug-likeness (QED) is 0.680. The summed E-state index contributed by atoms with van der Waals surface area (Å²) in [4.78, 5) is 13.2. The predicted molar refractivity (Wildman–Crippen MR) is 93.7 cm³/mol. The van der Waals surface area contributed by atoms with Crippen LogP contribution in [0.4, 0.5) is 10.8 Å². The van der Waals surface area contributed by atoms with Gasteiger partial charge in [0.2, 0.25) is 15.4 Å². The number of hydrogen-bond donors (Lipinski definition) is 2. The SMILES string of the molecule is CCC(=O)Nc1nnc(S(=O)(=O)NCCN(C)c2ccccc2)s1. The molecule has 0 spiro atoms. The lowest BCUT2D eigenvalue weighted by molar-refractivity contribution is -0.115. The third-order valence-electron chi connectivity index (χ3n) is 3.14. The van der Waals surface area contributed by atoms with Gasteiger partial charge in [0.05, 0.1) is 0 Å². The van der Waals surface area contributed by atoms with Gasteiger partial charge in [-0.15, -0.1) is 10.2 Å². The molecule has 0 radical (unpaired) electrons. The summed E-state index contributed by atoms with van der Waals surface area (Å²) in [5, 5.41) is 9.94. The number of hydrogen-bond acceptors (Lipinski definition) is 7. The van der Waals surface area contributed by atoms with E-state index in [9.17, 15) is 13.2 Å². The molecule has 2 N–H and O–H groups in total. The van der Waals surface area contributed by atoms with Gasteiger partial charge in [-0.2, -0.15) is 0 Å². The zero-order chi connectivity index (χ0) is 17.6. The molecule has 0 atom stereocenters. The summed E-state index contributed by atoms with van der Waals surface area (Å²) >= 11 is 0.821. The number of aromatic nitrogens is 2. The van der Waals surface area contributed by atoms with Crippen LogP contribution in [-0.2, 0) is 14.8 Å². The van der Waals surface area contributed by atoms with Gasteiger partial charge in [-0.25, -0.2) is 13.1 Å². The van der Waals surface area contributed by atoms with Gasteiger partial charge in [-0.3, -0.25) is 4.79 Å². The van der Waals surface area contributed by atoms with E-state index in [2.05, 4.69) is 20.2 Å². The highest BCUT2D eigenvalue weighted by atomic mass is 32.2. The van der Waals surface area contributed by atoms with Crippen LogP contribution in [0.1, 0.15) is 13.3 Å². The minimum Gasteiger partial charge on any atom is -0.373 e. The van der Waals surface area contributed by atoms with Crippen LogP contribution in [0.25, 0.3) is 0 Å². The van der Waals surface area contributed by atoms with Crippen molar-refractivity contribution >= 4 is 38.1 Å². The lowest BCUT2D eigenvalue weighted by Gasteiger charge is -2.19. The summed E-state index contributed by atoms with van der Waals surface area (Å²) < 4.78 is 26.7. The van der Waals surface area contributed by atoms with Gasteiger partial charge >= 0.3 is 0 Å². The monoisotopic (exact) mass is 369 g/mol. The Morgan fingerprint density at radius 3 is 2.62 bits per heavy atom. The summed E-state index contributed by atoms with van der Waals surface area (Å²) in [5.74, 6) is -0.243. The van der Waals surface area contributed by atoms with Crippen LogP contribution in [0, 0.1) is 0 Å².